The van der Waals surface area contributed by atoms with E-state index in [2.05, 4.69) is 11.9 Å². The zero-order valence-electron chi connectivity index (χ0n) is 7.52. The molecule has 0 aliphatic carbocycles. The smallest absolute Gasteiger partial charge is 0.358 e. The highest BCUT2D eigenvalue weighted by atomic mass is 32.1. The number of rotatable bonds is 5. The molecule has 72 valence electrons. The summed E-state index contributed by atoms with van der Waals surface area (Å²) < 4.78 is 0. The molecule has 0 atom stereocenters. The molecular weight excluding hydrogens is 188 g/mol. The first-order valence-electron chi connectivity index (χ1n) is 4.33. The molecule has 13 heavy (non-hydrogen) atoms. The number of aryl methyl sites for hydroxylation is 1. The predicted octanol–water partition coefficient (Wildman–Crippen LogP) is 2.78. The van der Waals surface area contributed by atoms with Crippen molar-refractivity contribution in [3.63, 3.8) is 0 Å². The molecule has 1 rings (SSSR count). The lowest BCUT2D eigenvalue weighted by molar-refractivity contribution is -0.389. The minimum Gasteiger partial charge on any atom is -0.358 e. The van der Waals surface area contributed by atoms with E-state index in [1.54, 1.807) is 0 Å². The van der Waals surface area contributed by atoms with Crippen molar-refractivity contribution in [3.05, 3.63) is 20.5 Å². The number of nitrogens with zero attached hydrogens (tertiary/aromatic N) is 2. The van der Waals surface area contributed by atoms with Gasteiger partial charge in [0.1, 0.15) is 0 Å². The van der Waals surface area contributed by atoms with E-state index in [1.165, 1.54) is 16.7 Å². The summed E-state index contributed by atoms with van der Waals surface area (Å²) in [6.07, 6.45) is 4.26. The second kappa shape index (κ2) is 4.91. The van der Waals surface area contributed by atoms with E-state index in [9.17, 15) is 10.1 Å². The summed E-state index contributed by atoms with van der Waals surface area (Å²) in [5.41, 5.74) is 0. The van der Waals surface area contributed by atoms with Gasteiger partial charge in [0.15, 0.2) is 0 Å². The summed E-state index contributed by atoms with van der Waals surface area (Å²) in [7, 11) is 0. The number of hydrogen-bond donors (Lipinski definition) is 0. The van der Waals surface area contributed by atoms with Crippen LogP contribution in [0.3, 0.4) is 0 Å². The van der Waals surface area contributed by atoms with E-state index in [-0.39, 0.29) is 5.82 Å². The zero-order valence-corrected chi connectivity index (χ0v) is 8.34. The molecule has 4 nitrogen and oxygen atoms in total. The van der Waals surface area contributed by atoms with Crippen molar-refractivity contribution in [3.8, 4) is 0 Å². The minimum atomic E-state index is -0.445. The van der Waals surface area contributed by atoms with Crippen LogP contribution in [0.5, 0.6) is 0 Å². The van der Waals surface area contributed by atoms with E-state index in [0.717, 1.165) is 30.7 Å². The van der Waals surface area contributed by atoms with Gasteiger partial charge in [-0.05, 0) is 16.3 Å². The molecule has 0 radical (unpaired) electrons. The monoisotopic (exact) mass is 200 g/mol. The topological polar surface area (TPSA) is 56.0 Å². The van der Waals surface area contributed by atoms with Crippen LogP contribution in [-0.4, -0.2) is 9.91 Å². The summed E-state index contributed by atoms with van der Waals surface area (Å²) in [6, 6.07) is 0. The lowest BCUT2D eigenvalue weighted by atomic mass is 10.2. The van der Waals surface area contributed by atoms with Crippen LogP contribution in [0.15, 0.2) is 5.38 Å². The molecule has 0 unspecified atom stereocenters. The van der Waals surface area contributed by atoms with Crippen LogP contribution in [0.25, 0.3) is 0 Å². The van der Waals surface area contributed by atoms with E-state index in [4.69, 9.17) is 0 Å². The van der Waals surface area contributed by atoms with Gasteiger partial charge < -0.3 is 10.1 Å². The molecule has 0 saturated heterocycles. The van der Waals surface area contributed by atoms with Gasteiger partial charge in [0.2, 0.25) is 5.01 Å². The molecule has 0 aromatic carbocycles. The second-order valence-electron chi connectivity index (χ2n) is 2.81. The van der Waals surface area contributed by atoms with Gasteiger partial charge in [-0.15, -0.1) is 0 Å². The number of unbranched alkanes of at least 4 members (excludes halogenated alkanes) is 2. The summed E-state index contributed by atoms with van der Waals surface area (Å²) in [5, 5.41) is 12.7. The van der Waals surface area contributed by atoms with E-state index < -0.39 is 4.92 Å². The summed E-state index contributed by atoms with van der Waals surface area (Å²) in [5.74, 6) is -0.0171. The van der Waals surface area contributed by atoms with Crippen LogP contribution >= 0.6 is 11.3 Å². The maximum Gasteiger partial charge on any atom is 0.374 e. The lowest BCUT2D eigenvalue weighted by Gasteiger charge is -1.89. The fraction of sp³-hybridized carbons (Fsp3) is 0.625. The second-order valence-corrected chi connectivity index (χ2v) is 3.76. The molecule has 0 fully saturated rings. The Hall–Kier alpha value is -0.970. The van der Waals surface area contributed by atoms with E-state index >= 15 is 0 Å². The molecule has 0 N–H and O–H groups in total. The van der Waals surface area contributed by atoms with Crippen molar-refractivity contribution in [2.75, 3.05) is 0 Å². The first-order chi connectivity index (χ1) is 6.24. The third kappa shape index (κ3) is 3.10. The molecule has 0 aliphatic rings. The zero-order chi connectivity index (χ0) is 9.68. The summed E-state index contributed by atoms with van der Waals surface area (Å²) >= 11 is 1.38. The molecule has 0 spiro atoms. The molecule has 0 bridgehead atoms. The lowest BCUT2D eigenvalue weighted by Crippen LogP contribution is -1.89. The minimum absolute atomic E-state index is 0.0171. The standard InChI is InChI=1S/C8H12N2O2S/c1-2-3-4-5-8-9-7(6-13-8)10(11)12/h6H,2-5H2,1H3. The van der Waals surface area contributed by atoms with Crippen LogP contribution in [0.1, 0.15) is 31.2 Å². The quantitative estimate of drug-likeness (QED) is 0.417. The summed E-state index contributed by atoms with van der Waals surface area (Å²) in [4.78, 5) is 13.8. The molecular formula is C8H12N2O2S. The highest BCUT2D eigenvalue weighted by Crippen LogP contribution is 2.17. The SMILES string of the molecule is CCCCCc1nc([N+](=O)[O-])cs1. The third-order valence-electron chi connectivity index (χ3n) is 1.72. The number of thiazole rings is 1. The highest BCUT2D eigenvalue weighted by molar-refractivity contribution is 7.09. The molecule has 0 aliphatic heterocycles. The normalized spacial score (nSPS) is 10.2. The number of aromatic nitrogens is 1. The third-order valence-corrected chi connectivity index (χ3v) is 2.62. The van der Waals surface area contributed by atoms with Crippen LogP contribution in [0.4, 0.5) is 5.82 Å². The highest BCUT2D eigenvalue weighted by Gasteiger charge is 2.12. The Bertz CT molecular complexity index is 285. The van der Waals surface area contributed by atoms with Crippen molar-refractivity contribution < 1.29 is 4.92 Å². The van der Waals surface area contributed by atoms with E-state index in [0.29, 0.717) is 0 Å². The predicted molar refractivity (Wildman–Crippen MR) is 52.0 cm³/mol. The van der Waals surface area contributed by atoms with Gasteiger partial charge in [0.05, 0.1) is 5.38 Å². The molecule has 1 aromatic heterocycles. The van der Waals surface area contributed by atoms with Gasteiger partial charge in [0, 0.05) is 6.42 Å². The maximum atomic E-state index is 10.3. The first-order valence-corrected chi connectivity index (χ1v) is 5.20. The first kappa shape index (κ1) is 10.1. The van der Waals surface area contributed by atoms with Crippen LogP contribution in [0, 0.1) is 10.1 Å². The fourth-order valence-electron chi connectivity index (χ4n) is 1.03. The molecule has 0 amide bonds. The van der Waals surface area contributed by atoms with E-state index in [1.807, 2.05) is 0 Å². The van der Waals surface area contributed by atoms with Crippen LogP contribution in [-0.2, 0) is 6.42 Å². The number of nitro groups is 1. The van der Waals surface area contributed by atoms with Crippen molar-refractivity contribution in [1.82, 2.24) is 4.98 Å². The Labute approximate surface area is 80.8 Å². The van der Waals surface area contributed by atoms with Gasteiger partial charge in [-0.25, -0.2) is 0 Å². The van der Waals surface area contributed by atoms with Crippen LogP contribution in [0.2, 0.25) is 0 Å². The average molecular weight is 200 g/mol. The Morgan fingerprint density at radius 3 is 2.92 bits per heavy atom. The van der Waals surface area contributed by atoms with Gasteiger partial charge in [-0.3, -0.25) is 0 Å². The van der Waals surface area contributed by atoms with Gasteiger partial charge >= 0.3 is 5.82 Å². The Morgan fingerprint density at radius 2 is 2.38 bits per heavy atom. The van der Waals surface area contributed by atoms with Gasteiger partial charge in [-0.1, -0.05) is 31.1 Å². The molecule has 5 heteroatoms. The molecule has 1 heterocycles. The van der Waals surface area contributed by atoms with Gasteiger partial charge in [-0.2, -0.15) is 0 Å². The summed E-state index contributed by atoms with van der Waals surface area (Å²) in [6.45, 7) is 2.13. The van der Waals surface area contributed by atoms with Crippen molar-refractivity contribution in [2.45, 2.75) is 32.6 Å². The fourth-order valence-corrected chi connectivity index (χ4v) is 1.81. The Kier molecular flexibility index (Phi) is 3.82. The number of hydrogen-bond acceptors (Lipinski definition) is 4. The van der Waals surface area contributed by atoms with Crippen LogP contribution < -0.4 is 0 Å². The average Bonchev–Trinajstić information content (AvgIpc) is 2.53. The van der Waals surface area contributed by atoms with Crippen molar-refractivity contribution in [2.24, 2.45) is 0 Å². The van der Waals surface area contributed by atoms with Gasteiger partial charge in [0.25, 0.3) is 0 Å². The van der Waals surface area contributed by atoms with Crippen molar-refractivity contribution in [1.29, 1.82) is 0 Å². The van der Waals surface area contributed by atoms with Crippen molar-refractivity contribution >= 4 is 17.2 Å². The Balaban J connectivity index is 2.44. The largest absolute Gasteiger partial charge is 0.374 e. The maximum absolute atomic E-state index is 10.3. The molecule has 0 saturated carbocycles. The molecule has 1 aromatic rings. The Morgan fingerprint density at radius 1 is 1.62 bits per heavy atom.